The van der Waals surface area contributed by atoms with E-state index in [2.05, 4.69) is 29.9 Å². The van der Waals surface area contributed by atoms with Gasteiger partial charge in [-0.3, -0.25) is 4.98 Å². The Bertz CT molecular complexity index is 885. The van der Waals surface area contributed by atoms with Crippen LogP contribution in [0.3, 0.4) is 0 Å². The molecule has 3 aromatic heterocycles. The molecule has 27 heavy (non-hydrogen) atoms. The van der Waals surface area contributed by atoms with Gasteiger partial charge in [0.1, 0.15) is 6.61 Å². The Morgan fingerprint density at radius 2 is 1.85 bits per heavy atom. The van der Waals surface area contributed by atoms with E-state index in [-0.39, 0.29) is 18.6 Å². The van der Waals surface area contributed by atoms with Crippen LogP contribution in [0, 0.1) is 0 Å². The van der Waals surface area contributed by atoms with Gasteiger partial charge in [0.2, 0.25) is 11.9 Å². The van der Waals surface area contributed by atoms with Gasteiger partial charge in [-0.25, -0.2) is 9.97 Å². The zero-order valence-electron chi connectivity index (χ0n) is 14.5. The standard InChI is InChI=1S/C17H18N8O2/c18-15-20-9-12(10-21-15)14-22-16(25-5-7-26-8-6-25)24-17(23-14)27-11-13-3-1-2-4-19-13/h1-4,9-10H,5-8,11H2,(H2,18,20,21). The SMILES string of the molecule is Nc1ncc(-c2nc(OCc3ccccn3)nc(N3CCOCC3)n2)cn1. The van der Waals surface area contributed by atoms with Gasteiger partial charge in [0.25, 0.3) is 0 Å². The highest BCUT2D eigenvalue weighted by Gasteiger charge is 2.18. The summed E-state index contributed by atoms with van der Waals surface area (Å²) in [6.07, 6.45) is 4.86. The minimum atomic E-state index is 0.188. The van der Waals surface area contributed by atoms with Crippen molar-refractivity contribution in [1.82, 2.24) is 29.9 Å². The van der Waals surface area contributed by atoms with Gasteiger partial charge in [-0.2, -0.15) is 15.0 Å². The number of nitrogen functional groups attached to an aromatic ring is 1. The highest BCUT2D eigenvalue weighted by Crippen LogP contribution is 2.21. The molecule has 0 aliphatic carbocycles. The van der Waals surface area contributed by atoms with E-state index < -0.39 is 0 Å². The van der Waals surface area contributed by atoms with Crippen LogP contribution in [0.5, 0.6) is 6.01 Å². The molecule has 4 rings (SSSR count). The molecular formula is C17H18N8O2. The van der Waals surface area contributed by atoms with Gasteiger partial charge in [0.05, 0.1) is 24.5 Å². The summed E-state index contributed by atoms with van der Waals surface area (Å²) in [7, 11) is 0. The first-order valence-electron chi connectivity index (χ1n) is 8.47. The monoisotopic (exact) mass is 366 g/mol. The lowest BCUT2D eigenvalue weighted by Crippen LogP contribution is -2.37. The third kappa shape index (κ3) is 4.23. The lowest BCUT2D eigenvalue weighted by molar-refractivity contribution is 0.122. The van der Waals surface area contributed by atoms with Gasteiger partial charge in [0.15, 0.2) is 5.82 Å². The van der Waals surface area contributed by atoms with E-state index in [1.165, 1.54) is 0 Å². The number of aromatic nitrogens is 6. The molecule has 1 aliphatic rings. The number of rotatable bonds is 5. The average molecular weight is 366 g/mol. The van der Waals surface area contributed by atoms with Gasteiger partial charge >= 0.3 is 6.01 Å². The minimum absolute atomic E-state index is 0.188. The molecule has 0 saturated carbocycles. The maximum atomic E-state index is 5.76. The lowest BCUT2D eigenvalue weighted by Gasteiger charge is -2.27. The molecular weight excluding hydrogens is 348 g/mol. The van der Waals surface area contributed by atoms with Crippen LogP contribution in [0.25, 0.3) is 11.4 Å². The number of pyridine rings is 1. The second-order valence-corrected chi connectivity index (χ2v) is 5.78. The van der Waals surface area contributed by atoms with Crippen molar-refractivity contribution in [3.8, 4) is 17.4 Å². The Balaban J connectivity index is 1.64. The van der Waals surface area contributed by atoms with E-state index >= 15 is 0 Å². The summed E-state index contributed by atoms with van der Waals surface area (Å²) in [4.78, 5) is 27.7. The van der Waals surface area contributed by atoms with Crippen LogP contribution in [0.15, 0.2) is 36.8 Å². The van der Waals surface area contributed by atoms with Gasteiger partial charge in [-0.1, -0.05) is 6.07 Å². The van der Waals surface area contributed by atoms with Crippen LogP contribution < -0.4 is 15.4 Å². The average Bonchev–Trinajstić information content (AvgIpc) is 2.74. The van der Waals surface area contributed by atoms with Gasteiger partial charge in [0, 0.05) is 31.7 Å². The van der Waals surface area contributed by atoms with Crippen molar-refractivity contribution in [2.75, 3.05) is 36.9 Å². The molecule has 3 aromatic rings. The summed E-state index contributed by atoms with van der Waals surface area (Å²) < 4.78 is 11.2. The van der Waals surface area contributed by atoms with E-state index in [0.717, 1.165) is 5.69 Å². The zero-order chi connectivity index (χ0) is 18.5. The number of nitrogens with two attached hydrogens (primary N) is 1. The fourth-order valence-corrected chi connectivity index (χ4v) is 2.52. The van der Waals surface area contributed by atoms with Gasteiger partial charge in [-0.05, 0) is 12.1 Å². The first-order chi connectivity index (χ1) is 13.3. The number of morpholine rings is 1. The maximum absolute atomic E-state index is 5.76. The number of hydrogen-bond acceptors (Lipinski definition) is 10. The van der Waals surface area contributed by atoms with Gasteiger partial charge in [-0.15, -0.1) is 0 Å². The Labute approximate surface area is 155 Å². The van der Waals surface area contributed by atoms with Crippen molar-refractivity contribution in [3.63, 3.8) is 0 Å². The second-order valence-electron chi connectivity index (χ2n) is 5.78. The van der Waals surface area contributed by atoms with Crippen LogP contribution in [-0.4, -0.2) is 56.2 Å². The third-order valence-corrected chi connectivity index (χ3v) is 3.90. The number of nitrogens with zero attached hydrogens (tertiary/aromatic N) is 7. The third-order valence-electron chi connectivity index (χ3n) is 3.90. The molecule has 10 nitrogen and oxygen atoms in total. The molecule has 0 spiro atoms. The predicted octanol–water partition coefficient (Wildman–Crippen LogP) is 0.721. The minimum Gasteiger partial charge on any atom is -0.457 e. The first-order valence-corrected chi connectivity index (χ1v) is 8.47. The molecule has 1 saturated heterocycles. The Hall–Kier alpha value is -3.40. The van der Waals surface area contributed by atoms with E-state index in [4.69, 9.17) is 15.2 Å². The molecule has 0 atom stereocenters. The first kappa shape index (κ1) is 17.0. The van der Waals surface area contributed by atoms with E-state index in [1.807, 2.05) is 23.1 Å². The van der Waals surface area contributed by atoms with Crippen LogP contribution in [0.4, 0.5) is 11.9 Å². The largest absolute Gasteiger partial charge is 0.457 e. The molecule has 0 amide bonds. The topological polar surface area (TPSA) is 125 Å². The van der Waals surface area contributed by atoms with Crippen molar-refractivity contribution >= 4 is 11.9 Å². The molecule has 2 N–H and O–H groups in total. The summed E-state index contributed by atoms with van der Waals surface area (Å²) in [5.41, 5.74) is 6.97. The summed E-state index contributed by atoms with van der Waals surface area (Å²) in [6.45, 7) is 2.89. The lowest BCUT2D eigenvalue weighted by atomic mass is 10.3. The second kappa shape index (κ2) is 7.87. The van der Waals surface area contributed by atoms with Crippen LogP contribution in [-0.2, 0) is 11.3 Å². The molecule has 0 aromatic carbocycles. The summed E-state index contributed by atoms with van der Waals surface area (Å²) in [5.74, 6) is 1.13. The van der Waals surface area contributed by atoms with Crippen molar-refractivity contribution in [3.05, 3.63) is 42.5 Å². The molecule has 10 heteroatoms. The van der Waals surface area contributed by atoms with Crippen molar-refractivity contribution in [2.24, 2.45) is 0 Å². The predicted molar refractivity (Wildman–Crippen MR) is 96.9 cm³/mol. The van der Waals surface area contributed by atoms with Crippen molar-refractivity contribution in [1.29, 1.82) is 0 Å². The Morgan fingerprint density at radius 3 is 2.59 bits per heavy atom. The summed E-state index contributed by atoms with van der Waals surface area (Å²) in [5, 5.41) is 0. The molecule has 0 unspecified atom stereocenters. The zero-order valence-corrected chi connectivity index (χ0v) is 14.5. The molecule has 0 bridgehead atoms. The van der Waals surface area contributed by atoms with E-state index in [0.29, 0.717) is 43.6 Å². The van der Waals surface area contributed by atoms with Crippen LogP contribution in [0.2, 0.25) is 0 Å². The highest BCUT2D eigenvalue weighted by molar-refractivity contribution is 5.55. The van der Waals surface area contributed by atoms with Crippen LogP contribution in [0.1, 0.15) is 5.69 Å². The fraction of sp³-hybridized carbons (Fsp3) is 0.294. The maximum Gasteiger partial charge on any atom is 0.322 e. The molecule has 4 heterocycles. The van der Waals surface area contributed by atoms with Gasteiger partial charge < -0.3 is 20.1 Å². The summed E-state index contributed by atoms with van der Waals surface area (Å²) in [6, 6.07) is 5.83. The Kier molecular flexibility index (Phi) is 4.97. The number of ether oxygens (including phenoxy) is 2. The highest BCUT2D eigenvalue weighted by atomic mass is 16.5. The van der Waals surface area contributed by atoms with Crippen molar-refractivity contribution < 1.29 is 9.47 Å². The van der Waals surface area contributed by atoms with Crippen molar-refractivity contribution in [2.45, 2.75) is 6.61 Å². The summed E-state index contributed by atoms with van der Waals surface area (Å²) >= 11 is 0. The number of anilines is 2. The molecule has 1 aliphatic heterocycles. The molecule has 1 fully saturated rings. The number of hydrogen-bond donors (Lipinski definition) is 1. The smallest absolute Gasteiger partial charge is 0.322 e. The Morgan fingerprint density at radius 1 is 1.04 bits per heavy atom. The fourth-order valence-electron chi connectivity index (χ4n) is 2.52. The molecule has 138 valence electrons. The quantitative estimate of drug-likeness (QED) is 0.690. The normalized spacial score (nSPS) is 14.1. The van der Waals surface area contributed by atoms with Crippen LogP contribution >= 0.6 is 0 Å². The molecule has 0 radical (unpaired) electrons. The van der Waals surface area contributed by atoms with E-state index in [1.54, 1.807) is 18.6 Å². The van der Waals surface area contributed by atoms with E-state index in [9.17, 15) is 0 Å².